The van der Waals surface area contributed by atoms with E-state index in [1.54, 1.807) is 19.1 Å². The molecule has 0 aromatic heterocycles. The van der Waals surface area contributed by atoms with Crippen LogP contribution < -0.4 is 20.2 Å². The van der Waals surface area contributed by atoms with Gasteiger partial charge in [0.15, 0.2) is 0 Å². The van der Waals surface area contributed by atoms with Crippen LogP contribution in [0.4, 0.5) is 5.69 Å². The number of anilines is 1. The summed E-state index contributed by atoms with van der Waals surface area (Å²) >= 11 is 24.1. The molecule has 0 unspecified atom stereocenters. The number of benzene rings is 4. The quantitative estimate of drug-likeness (QED) is 0.0808. The van der Waals surface area contributed by atoms with Crippen LogP contribution >= 0.6 is 46.4 Å². The fourth-order valence-electron chi connectivity index (χ4n) is 3.58. The van der Waals surface area contributed by atoms with Gasteiger partial charge in [-0.3, -0.25) is 9.59 Å². The second-order valence-electron chi connectivity index (χ2n) is 8.91. The summed E-state index contributed by atoms with van der Waals surface area (Å²) < 4.78 is 11.0. The Morgan fingerprint density at radius 3 is 1.91 bits per heavy atom. The third-order valence-corrected chi connectivity index (χ3v) is 6.92. The average molecular weight is 673 g/mol. The molecule has 44 heavy (non-hydrogen) atoms. The summed E-state index contributed by atoms with van der Waals surface area (Å²) in [7, 11) is 0. The fraction of sp³-hybridized carbons (Fsp3) is 0.0645. The van der Waals surface area contributed by atoms with Gasteiger partial charge in [0.1, 0.15) is 11.5 Å². The first-order chi connectivity index (χ1) is 21.0. The maximum absolute atomic E-state index is 13.0. The molecule has 2 N–H and O–H groups in total. The van der Waals surface area contributed by atoms with E-state index >= 15 is 0 Å². The molecule has 0 saturated carbocycles. The summed E-state index contributed by atoms with van der Waals surface area (Å²) in [6.45, 7) is 1.73. The Morgan fingerprint density at radius 2 is 1.34 bits per heavy atom. The first-order valence-corrected chi connectivity index (χ1v) is 14.3. The van der Waals surface area contributed by atoms with E-state index in [1.807, 2.05) is 0 Å². The number of carbonyl (C=O) groups is 4. The molecule has 0 saturated heterocycles. The minimum absolute atomic E-state index is 0.0162. The molecule has 2 amide bonds. The number of nitrogens with zero attached hydrogens (tertiary/aromatic N) is 1. The highest BCUT2D eigenvalue weighted by molar-refractivity contribution is 6.37. The number of hydrogen-bond acceptors (Lipinski definition) is 7. The lowest BCUT2D eigenvalue weighted by Crippen LogP contribution is -2.18. The van der Waals surface area contributed by atoms with Gasteiger partial charge in [0, 0.05) is 39.3 Å². The van der Waals surface area contributed by atoms with Gasteiger partial charge in [-0.15, -0.1) is 0 Å². The molecule has 0 spiro atoms. The Bertz CT molecular complexity index is 1780. The Kier molecular flexibility index (Phi) is 11.0. The number of halogens is 4. The lowest BCUT2D eigenvalue weighted by molar-refractivity contribution is -0.115. The molecule has 0 atom stereocenters. The van der Waals surface area contributed by atoms with Gasteiger partial charge in [-0.05, 0) is 72.8 Å². The van der Waals surface area contributed by atoms with Gasteiger partial charge >= 0.3 is 11.9 Å². The van der Waals surface area contributed by atoms with E-state index in [1.165, 1.54) is 72.9 Å². The summed E-state index contributed by atoms with van der Waals surface area (Å²) in [6, 6.07) is 18.9. The highest BCUT2D eigenvalue weighted by Crippen LogP contribution is 2.29. The number of rotatable bonds is 9. The van der Waals surface area contributed by atoms with E-state index in [0.29, 0.717) is 22.2 Å². The van der Waals surface area contributed by atoms with Crippen molar-refractivity contribution in [2.24, 2.45) is 5.10 Å². The van der Waals surface area contributed by atoms with Crippen molar-refractivity contribution in [2.75, 3.05) is 5.32 Å². The maximum Gasteiger partial charge on any atom is 0.345 e. The Morgan fingerprint density at radius 1 is 0.750 bits per heavy atom. The average Bonchev–Trinajstić information content (AvgIpc) is 2.98. The summed E-state index contributed by atoms with van der Waals surface area (Å²) in [6.07, 6.45) is 1.56. The van der Waals surface area contributed by atoms with Crippen LogP contribution in [0.1, 0.15) is 50.0 Å². The van der Waals surface area contributed by atoms with Gasteiger partial charge < -0.3 is 14.8 Å². The number of carbonyl (C=O) groups excluding carboxylic acids is 4. The zero-order chi connectivity index (χ0) is 31.8. The molecule has 4 aromatic carbocycles. The van der Waals surface area contributed by atoms with E-state index in [-0.39, 0.29) is 49.7 Å². The van der Waals surface area contributed by atoms with Crippen LogP contribution in [0.5, 0.6) is 11.5 Å². The van der Waals surface area contributed by atoms with Crippen molar-refractivity contribution in [1.29, 1.82) is 0 Å². The normalized spacial score (nSPS) is 10.8. The Labute approximate surface area is 271 Å². The number of esters is 2. The van der Waals surface area contributed by atoms with Crippen LogP contribution in [-0.2, 0) is 4.79 Å². The summed E-state index contributed by atoms with van der Waals surface area (Å²) in [4.78, 5) is 49.9. The lowest BCUT2D eigenvalue weighted by atomic mass is 10.2. The van der Waals surface area contributed by atoms with Crippen molar-refractivity contribution < 1.29 is 28.7 Å². The molecular weight excluding hydrogens is 652 g/mol. The zero-order valence-corrected chi connectivity index (χ0v) is 25.7. The maximum atomic E-state index is 13.0. The largest absolute Gasteiger partial charge is 0.423 e. The standard InChI is InChI=1S/C31H21Cl4N3O6/c1-2-28(39)37-21-8-3-17(4-9-21)29(40)38-36-16-18-5-10-22(43-30(41)23-11-6-19(32)13-25(23)34)15-27(18)44-31(42)24-12-7-20(33)14-26(24)35/h3-16H,2H2,1H3,(H,37,39)(H,38,40)/b36-16+. The summed E-state index contributed by atoms with van der Waals surface area (Å²) in [5.41, 5.74) is 3.54. The van der Waals surface area contributed by atoms with E-state index < -0.39 is 17.8 Å². The molecule has 4 aromatic rings. The molecule has 0 fully saturated rings. The summed E-state index contributed by atoms with van der Waals surface area (Å²) in [5, 5.41) is 7.47. The predicted octanol–water partition coefficient (Wildman–Crippen LogP) is 7.85. The number of hydrogen-bond donors (Lipinski definition) is 2. The van der Waals surface area contributed by atoms with Crippen LogP contribution in [0.15, 0.2) is 84.0 Å². The molecule has 0 aliphatic rings. The Hall–Kier alpha value is -4.41. The Balaban J connectivity index is 1.55. The molecule has 0 aliphatic carbocycles. The predicted molar refractivity (Wildman–Crippen MR) is 170 cm³/mol. The van der Waals surface area contributed by atoms with Crippen molar-refractivity contribution in [3.05, 3.63) is 121 Å². The van der Waals surface area contributed by atoms with Gasteiger partial charge in [-0.1, -0.05) is 53.3 Å². The third kappa shape index (κ3) is 8.58. The molecule has 4 rings (SSSR count). The lowest BCUT2D eigenvalue weighted by Gasteiger charge is -2.12. The highest BCUT2D eigenvalue weighted by Gasteiger charge is 2.18. The second kappa shape index (κ2) is 14.9. The van der Waals surface area contributed by atoms with E-state index in [9.17, 15) is 19.2 Å². The first-order valence-electron chi connectivity index (χ1n) is 12.8. The molecule has 9 nitrogen and oxygen atoms in total. The SMILES string of the molecule is CCC(=O)Nc1ccc(C(=O)N/N=C/c2ccc(OC(=O)c3ccc(Cl)cc3Cl)cc2OC(=O)c2ccc(Cl)cc2Cl)cc1. The van der Waals surface area contributed by atoms with Crippen molar-refractivity contribution in [3.63, 3.8) is 0 Å². The number of nitrogens with one attached hydrogen (secondary N) is 2. The smallest absolute Gasteiger partial charge is 0.345 e. The molecule has 13 heteroatoms. The first kappa shape index (κ1) is 32.5. The topological polar surface area (TPSA) is 123 Å². The van der Waals surface area contributed by atoms with Crippen molar-refractivity contribution in [2.45, 2.75) is 13.3 Å². The van der Waals surface area contributed by atoms with Gasteiger partial charge in [-0.2, -0.15) is 5.10 Å². The fourth-order valence-corrected chi connectivity index (χ4v) is 4.55. The number of amides is 2. The zero-order valence-electron chi connectivity index (χ0n) is 22.7. The van der Waals surface area contributed by atoms with Gasteiger partial charge in [0.05, 0.1) is 27.4 Å². The monoisotopic (exact) mass is 671 g/mol. The molecule has 224 valence electrons. The van der Waals surface area contributed by atoms with Gasteiger partial charge in [0.25, 0.3) is 5.91 Å². The van der Waals surface area contributed by atoms with Crippen LogP contribution in [0.2, 0.25) is 20.1 Å². The minimum atomic E-state index is -0.829. The van der Waals surface area contributed by atoms with Crippen molar-refractivity contribution >= 4 is 82.1 Å². The van der Waals surface area contributed by atoms with E-state index in [2.05, 4.69) is 15.8 Å². The second-order valence-corrected chi connectivity index (χ2v) is 10.6. The van der Waals surface area contributed by atoms with E-state index in [0.717, 1.165) is 0 Å². The van der Waals surface area contributed by atoms with Crippen LogP contribution in [0.25, 0.3) is 0 Å². The van der Waals surface area contributed by atoms with Gasteiger partial charge in [-0.25, -0.2) is 15.0 Å². The third-order valence-electron chi connectivity index (χ3n) is 5.82. The van der Waals surface area contributed by atoms with Crippen LogP contribution in [0, 0.1) is 0 Å². The van der Waals surface area contributed by atoms with Crippen molar-refractivity contribution in [3.8, 4) is 11.5 Å². The van der Waals surface area contributed by atoms with Gasteiger partial charge in [0.2, 0.25) is 5.91 Å². The highest BCUT2D eigenvalue weighted by atomic mass is 35.5. The number of hydrazone groups is 1. The van der Waals surface area contributed by atoms with Crippen molar-refractivity contribution in [1.82, 2.24) is 5.43 Å². The molecular formula is C31H21Cl4N3O6. The van der Waals surface area contributed by atoms with Crippen LogP contribution in [0.3, 0.4) is 0 Å². The molecule has 0 aliphatic heterocycles. The molecule has 0 radical (unpaired) electrons. The van der Waals surface area contributed by atoms with Crippen LogP contribution in [-0.4, -0.2) is 30.0 Å². The minimum Gasteiger partial charge on any atom is -0.423 e. The molecule has 0 heterocycles. The van der Waals surface area contributed by atoms with E-state index in [4.69, 9.17) is 55.9 Å². The number of ether oxygens (including phenoxy) is 2. The molecule has 0 bridgehead atoms. The summed E-state index contributed by atoms with van der Waals surface area (Å²) in [5.74, 6) is -2.35.